The van der Waals surface area contributed by atoms with Gasteiger partial charge in [0, 0.05) is 35.1 Å². The summed E-state index contributed by atoms with van der Waals surface area (Å²) in [6.45, 7) is 0. The minimum absolute atomic E-state index is 0.140. The zero-order valence-electron chi connectivity index (χ0n) is 18.1. The van der Waals surface area contributed by atoms with Crippen molar-refractivity contribution in [3.8, 4) is 11.1 Å². The van der Waals surface area contributed by atoms with Gasteiger partial charge in [0.05, 0.1) is 10.4 Å². The van der Waals surface area contributed by atoms with Gasteiger partial charge in [0.25, 0.3) is 10.0 Å². The molecule has 3 aromatic carbocycles. The SMILES string of the molecule is O=c1cc(Cc2cc(-c3cccc(NS(=O)(=O)c4ccccc4)c3)c3ncccc3c2)cc[nH]1. The number of H-pyrrole nitrogens is 1. The third kappa shape index (κ3) is 4.60. The smallest absolute Gasteiger partial charge is 0.261 e. The van der Waals surface area contributed by atoms with Crippen LogP contribution in [0.2, 0.25) is 0 Å². The van der Waals surface area contributed by atoms with Gasteiger partial charge in [-0.25, -0.2) is 8.42 Å². The lowest BCUT2D eigenvalue weighted by molar-refractivity contribution is 0.601. The van der Waals surface area contributed by atoms with Crippen LogP contribution in [0.3, 0.4) is 0 Å². The molecule has 7 heteroatoms. The van der Waals surface area contributed by atoms with Gasteiger partial charge in [0.2, 0.25) is 5.56 Å². The molecule has 0 atom stereocenters. The summed E-state index contributed by atoms with van der Waals surface area (Å²) in [6.07, 6.45) is 3.97. The van der Waals surface area contributed by atoms with Crippen molar-refractivity contribution in [2.24, 2.45) is 0 Å². The van der Waals surface area contributed by atoms with Gasteiger partial charge in [-0.3, -0.25) is 14.5 Å². The van der Waals surface area contributed by atoms with Crippen LogP contribution in [0.15, 0.2) is 113 Å². The molecule has 168 valence electrons. The van der Waals surface area contributed by atoms with E-state index < -0.39 is 10.0 Å². The predicted octanol–water partition coefficient (Wildman–Crippen LogP) is 4.98. The van der Waals surface area contributed by atoms with Crippen molar-refractivity contribution in [2.75, 3.05) is 4.72 Å². The molecule has 0 unspecified atom stereocenters. The number of hydrogen-bond donors (Lipinski definition) is 2. The molecule has 0 aliphatic carbocycles. The van der Waals surface area contributed by atoms with Crippen LogP contribution >= 0.6 is 0 Å². The molecular weight excluding hydrogens is 446 g/mol. The van der Waals surface area contributed by atoms with Crippen molar-refractivity contribution in [2.45, 2.75) is 11.3 Å². The van der Waals surface area contributed by atoms with Crippen LogP contribution in [-0.4, -0.2) is 18.4 Å². The highest BCUT2D eigenvalue weighted by molar-refractivity contribution is 7.92. The average molecular weight is 468 g/mol. The van der Waals surface area contributed by atoms with Crippen LogP contribution in [0, 0.1) is 0 Å². The first-order valence-electron chi connectivity index (χ1n) is 10.7. The highest BCUT2D eigenvalue weighted by Gasteiger charge is 2.15. The van der Waals surface area contributed by atoms with E-state index in [-0.39, 0.29) is 10.5 Å². The minimum atomic E-state index is -3.71. The molecule has 0 aliphatic heterocycles. The van der Waals surface area contributed by atoms with E-state index in [9.17, 15) is 13.2 Å². The lowest BCUT2D eigenvalue weighted by atomic mass is 9.96. The van der Waals surface area contributed by atoms with Crippen LogP contribution < -0.4 is 10.3 Å². The molecule has 0 amide bonds. The summed E-state index contributed by atoms with van der Waals surface area (Å²) >= 11 is 0. The summed E-state index contributed by atoms with van der Waals surface area (Å²) in [5.41, 5.74) is 4.80. The standard InChI is InChI=1S/C27H21N3O3S/c31-26-17-19(11-13-28-26)14-20-15-22-7-5-12-29-27(22)25(16-20)21-6-4-8-23(18-21)30-34(32,33)24-9-2-1-3-10-24/h1-13,15-18,30H,14H2,(H,28,31). The molecule has 5 aromatic rings. The summed E-state index contributed by atoms with van der Waals surface area (Å²) in [7, 11) is -3.71. The van der Waals surface area contributed by atoms with E-state index in [1.165, 1.54) is 0 Å². The molecule has 2 N–H and O–H groups in total. The first-order valence-corrected chi connectivity index (χ1v) is 12.2. The Hall–Kier alpha value is -4.23. The fourth-order valence-corrected chi connectivity index (χ4v) is 5.05. The van der Waals surface area contributed by atoms with Gasteiger partial charge in [0.1, 0.15) is 0 Å². The first-order chi connectivity index (χ1) is 16.5. The molecule has 0 aliphatic rings. The Balaban J connectivity index is 1.55. The van der Waals surface area contributed by atoms with Crippen molar-refractivity contribution in [1.29, 1.82) is 0 Å². The van der Waals surface area contributed by atoms with Crippen LogP contribution in [0.1, 0.15) is 11.1 Å². The number of hydrogen-bond acceptors (Lipinski definition) is 4. The third-order valence-electron chi connectivity index (χ3n) is 5.49. The molecule has 2 aromatic heterocycles. The van der Waals surface area contributed by atoms with Crippen molar-refractivity contribution in [3.63, 3.8) is 0 Å². The Bertz CT molecular complexity index is 1650. The van der Waals surface area contributed by atoms with Crippen LogP contribution in [0.4, 0.5) is 5.69 Å². The second kappa shape index (κ2) is 8.96. The van der Waals surface area contributed by atoms with Crippen LogP contribution in [0.25, 0.3) is 22.0 Å². The largest absolute Gasteiger partial charge is 0.329 e. The highest BCUT2D eigenvalue weighted by Crippen LogP contribution is 2.31. The summed E-state index contributed by atoms with van der Waals surface area (Å²) in [5.74, 6) is 0. The van der Waals surface area contributed by atoms with E-state index in [1.54, 1.807) is 60.9 Å². The molecule has 0 bridgehead atoms. The van der Waals surface area contributed by atoms with Gasteiger partial charge in [-0.15, -0.1) is 0 Å². The number of anilines is 1. The van der Waals surface area contributed by atoms with Crippen LogP contribution in [-0.2, 0) is 16.4 Å². The lowest BCUT2D eigenvalue weighted by Crippen LogP contribution is -2.12. The van der Waals surface area contributed by atoms with Crippen molar-refractivity contribution < 1.29 is 8.42 Å². The number of fused-ring (bicyclic) bond motifs is 1. The molecule has 0 fully saturated rings. The summed E-state index contributed by atoms with van der Waals surface area (Å²) in [5, 5.41) is 0.968. The van der Waals surface area contributed by atoms with Gasteiger partial charge >= 0.3 is 0 Å². The molecule has 6 nitrogen and oxygen atoms in total. The maximum absolute atomic E-state index is 12.8. The molecule has 2 heterocycles. The van der Waals surface area contributed by atoms with Gasteiger partial charge in [0.15, 0.2) is 0 Å². The van der Waals surface area contributed by atoms with Gasteiger partial charge < -0.3 is 4.98 Å². The van der Waals surface area contributed by atoms with Gasteiger partial charge in [-0.1, -0.05) is 36.4 Å². The summed E-state index contributed by atoms with van der Waals surface area (Å²) in [6, 6.07) is 27.0. The van der Waals surface area contributed by atoms with E-state index in [2.05, 4.69) is 20.8 Å². The molecule has 34 heavy (non-hydrogen) atoms. The number of sulfonamides is 1. The lowest BCUT2D eigenvalue weighted by Gasteiger charge is -2.13. The van der Waals surface area contributed by atoms with E-state index in [0.29, 0.717) is 12.1 Å². The second-order valence-electron chi connectivity index (χ2n) is 7.96. The zero-order chi connectivity index (χ0) is 23.5. The van der Waals surface area contributed by atoms with Crippen molar-refractivity contribution >= 4 is 26.6 Å². The topological polar surface area (TPSA) is 91.9 Å². The Kier molecular flexibility index (Phi) is 5.69. The number of aromatic amines is 1. The average Bonchev–Trinajstić information content (AvgIpc) is 2.84. The van der Waals surface area contributed by atoms with Crippen molar-refractivity contribution in [3.05, 3.63) is 125 Å². The van der Waals surface area contributed by atoms with E-state index in [4.69, 9.17) is 0 Å². The minimum Gasteiger partial charge on any atom is -0.329 e. The number of pyridine rings is 2. The number of benzene rings is 3. The molecule has 5 rings (SSSR count). The Morgan fingerprint density at radius 2 is 1.68 bits per heavy atom. The quantitative estimate of drug-likeness (QED) is 0.368. The molecular formula is C27H21N3O3S. The predicted molar refractivity (Wildman–Crippen MR) is 134 cm³/mol. The van der Waals surface area contributed by atoms with Gasteiger partial charge in [-0.05, 0) is 71.6 Å². The molecule has 0 saturated carbocycles. The molecule has 0 saturated heterocycles. The van der Waals surface area contributed by atoms with E-state index in [1.807, 2.05) is 36.4 Å². The zero-order valence-corrected chi connectivity index (χ0v) is 18.9. The number of nitrogens with one attached hydrogen (secondary N) is 2. The number of nitrogens with zero attached hydrogens (tertiary/aromatic N) is 1. The number of aromatic nitrogens is 2. The Labute approximate surface area is 197 Å². The monoisotopic (exact) mass is 467 g/mol. The molecule has 0 radical (unpaired) electrons. The van der Waals surface area contributed by atoms with E-state index in [0.717, 1.165) is 33.2 Å². The fraction of sp³-hybridized carbons (Fsp3) is 0.0370. The number of rotatable bonds is 6. The fourth-order valence-electron chi connectivity index (χ4n) is 3.98. The molecule has 0 spiro atoms. The summed E-state index contributed by atoms with van der Waals surface area (Å²) in [4.78, 5) is 19.1. The van der Waals surface area contributed by atoms with Crippen LogP contribution in [0.5, 0.6) is 0 Å². The maximum atomic E-state index is 12.8. The highest BCUT2D eigenvalue weighted by atomic mass is 32.2. The third-order valence-corrected chi connectivity index (χ3v) is 6.89. The maximum Gasteiger partial charge on any atom is 0.261 e. The first kappa shape index (κ1) is 21.6. The van der Waals surface area contributed by atoms with Gasteiger partial charge in [-0.2, -0.15) is 0 Å². The summed E-state index contributed by atoms with van der Waals surface area (Å²) < 4.78 is 28.3. The second-order valence-corrected chi connectivity index (χ2v) is 9.64. The normalized spacial score (nSPS) is 11.4. The van der Waals surface area contributed by atoms with E-state index >= 15 is 0 Å². The Morgan fingerprint density at radius 1 is 0.824 bits per heavy atom. The van der Waals surface area contributed by atoms with Crippen molar-refractivity contribution in [1.82, 2.24) is 9.97 Å². The Morgan fingerprint density at radius 3 is 2.50 bits per heavy atom.